The maximum atomic E-state index is 5.28. The molecule has 3 aromatic carbocycles. The molecular weight excluding hydrogens is 244 g/mol. The van der Waals surface area contributed by atoms with E-state index in [1.807, 2.05) is 24.3 Å². The van der Waals surface area contributed by atoms with Crippen LogP contribution in [0.4, 0.5) is 0 Å². The number of fused-ring (bicyclic) bond motifs is 2. The predicted molar refractivity (Wildman–Crippen MR) is 82.1 cm³/mol. The molecule has 17 heavy (non-hydrogen) atoms. The molecule has 3 rings (SSSR count). The molecule has 0 heterocycles. The Hall–Kier alpha value is -1.38. The first-order valence-electron chi connectivity index (χ1n) is 5.41. The maximum absolute atomic E-state index is 5.28. The van der Waals surface area contributed by atoms with Gasteiger partial charge in [0, 0.05) is 5.56 Å². The summed E-state index contributed by atoms with van der Waals surface area (Å²) in [6, 6.07) is 18.8. The topological polar surface area (TPSA) is 0 Å². The molecule has 0 bridgehead atoms. The van der Waals surface area contributed by atoms with Crippen molar-refractivity contribution in [3.05, 3.63) is 60.2 Å². The van der Waals surface area contributed by atoms with Crippen LogP contribution in [0.1, 0.15) is 5.56 Å². The second-order valence-electron chi connectivity index (χ2n) is 4.00. The van der Waals surface area contributed by atoms with Gasteiger partial charge in [-0.3, -0.25) is 0 Å². The van der Waals surface area contributed by atoms with Crippen LogP contribution in [0.2, 0.25) is 0 Å². The molecule has 0 aliphatic carbocycles. The third-order valence-corrected chi connectivity index (χ3v) is 3.41. The van der Waals surface area contributed by atoms with Crippen LogP contribution in [0.3, 0.4) is 0 Å². The fourth-order valence-corrected chi connectivity index (χ4v) is 2.70. The maximum Gasteiger partial charge on any atom is 0.0760 e. The van der Waals surface area contributed by atoms with Gasteiger partial charge < -0.3 is 0 Å². The molecular formula is C15H10S2. The van der Waals surface area contributed by atoms with E-state index in [1.54, 1.807) is 0 Å². The molecule has 0 amide bonds. The van der Waals surface area contributed by atoms with E-state index in [-0.39, 0.29) is 0 Å². The highest BCUT2D eigenvalue weighted by Gasteiger charge is 2.08. The van der Waals surface area contributed by atoms with Crippen molar-refractivity contribution in [2.45, 2.75) is 0 Å². The Morgan fingerprint density at radius 2 is 1.29 bits per heavy atom. The highest BCUT2D eigenvalue weighted by atomic mass is 32.1. The standard InChI is InChI=1S/C15H10S2/c16-15(17)14-12-7-3-1-5-10(12)9-11-6-2-4-8-13(11)14/h1-9H,(H,16,17). The van der Waals surface area contributed by atoms with E-state index in [0.717, 1.165) is 5.56 Å². The molecule has 82 valence electrons. The third kappa shape index (κ3) is 1.74. The van der Waals surface area contributed by atoms with Gasteiger partial charge >= 0.3 is 0 Å². The van der Waals surface area contributed by atoms with Crippen LogP contribution in [0.15, 0.2) is 54.6 Å². The average molecular weight is 254 g/mol. The molecule has 0 aliphatic rings. The van der Waals surface area contributed by atoms with Gasteiger partial charge in [-0.2, -0.15) is 0 Å². The monoisotopic (exact) mass is 254 g/mol. The average Bonchev–Trinajstić information content (AvgIpc) is 2.35. The van der Waals surface area contributed by atoms with E-state index >= 15 is 0 Å². The molecule has 3 aromatic rings. The molecule has 0 atom stereocenters. The molecule has 0 saturated heterocycles. The van der Waals surface area contributed by atoms with E-state index in [2.05, 4.69) is 43.0 Å². The first-order chi connectivity index (χ1) is 8.27. The summed E-state index contributed by atoms with van der Waals surface area (Å²) in [7, 11) is 0. The minimum absolute atomic E-state index is 0.651. The van der Waals surface area contributed by atoms with Crippen LogP contribution in [-0.2, 0) is 0 Å². The zero-order chi connectivity index (χ0) is 11.8. The van der Waals surface area contributed by atoms with Gasteiger partial charge in [0.15, 0.2) is 0 Å². The Balaban J connectivity index is 2.61. The molecule has 0 N–H and O–H groups in total. The highest BCUT2D eigenvalue weighted by Crippen LogP contribution is 2.29. The minimum atomic E-state index is 0.651. The van der Waals surface area contributed by atoms with Crippen molar-refractivity contribution in [1.82, 2.24) is 0 Å². The molecule has 0 radical (unpaired) electrons. The molecule has 0 aliphatic heterocycles. The summed E-state index contributed by atoms with van der Waals surface area (Å²) in [5.74, 6) is 0. The number of rotatable bonds is 1. The molecule has 2 heteroatoms. The smallest absolute Gasteiger partial charge is 0.0760 e. The van der Waals surface area contributed by atoms with E-state index in [0.29, 0.717) is 4.20 Å². The van der Waals surface area contributed by atoms with Crippen LogP contribution in [0.5, 0.6) is 0 Å². The van der Waals surface area contributed by atoms with Crippen LogP contribution < -0.4 is 0 Å². The summed E-state index contributed by atoms with van der Waals surface area (Å²) < 4.78 is 0.651. The minimum Gasteiger partial charge on any atom is -0.131 e. The van der Waals surface area contributed by atoms with Gasteiger partial charge in [0.2, 0.25) is 0 Å². The fourth-order valence-electron chi connectivity index (χ4n) is 2.24. The fraction of sp³-hybridized carbons (Fsp3) is 0. The van der Waals surface area contributed by atoms with Crippen molar-refractivity contribution >= 4 is 50.6 Å². The SMILES string of the molecule is S=C(S)c1c2ccccc2cc2ccccc12. The zero-order valence-electron chi connectivity index (χ0n) is 9.05. The van der Waals surface area contributed by atoms with Crippen molar-refractivity contribution < 1.29 is 0 Å². The lowest BCUT2D eigenvalue weighted by Gasteiger charge is -2.09. The van der Waals surface area contributed by atoms with Crippen molar-refractivity contribution in [2.75, 3.05) is 0 Å². The van der Waals surface area contributed by atoms with Crippen molar-refractivity contribution in [2.24, 2.45) is 0 Å². The summed E-state index contributed by atoms with van der Waals surface area (Å²) in [5, 5.41) is 4.76. The number of thiocarbonyl (C=S) groups is 1. The van der Waals surface area contributed by atoms with Crippen LogP contribution in [0.25, 0.3) is 21.5 Å². The van der Waals surface area contributed by atoms with Crippen LogP contribution >= 0.6 is 24.8 Å². The largest absolute Gasteiger partial charge is 0.131 e. The summed E-state index contributed by atoms with van der Waals surface area (Å²) in [5.41, 5.74) is 1.07. The molecule has 0 aromatic heterocycles. The first kappa shape index (κ1) is 10.8. The van der Waals surface area contributed by atoms with Gasteiger partial charge in [-0.1, -0.05) is 60.7 Å². The molecule has 0 fully saturated rings. The van der Waals surface area contributed by atoms with Crippen molar-refractivity contribution in [1.29, 1.82) is 0 Å². The quantitative estimate of drug-likeness (QED) is 0.376. The van der Waals surface area contributed by atoms with Gasteiger partial charge in [-0.15, -0.1) is 12.6 Å². The Morgan fingerprint density at radius 1 is 0.824 bits per heavy atom. The Kier molecular flexibility index (Phi) is 2.61. The van der Waals surface area contributed by atoms with Crippen LogP contribution in [0, 0.1) is 0 Å². The number of hydrogen-bond acceptors (Lipinski definition) is 1. The summed E-state index contributed by atoms with van der Waals surface area (Å²) in [4.78, 5) is 0. The Morgan fingerprint density at radius 3 is 1.76 bits per heavy atom. The lowest BCUT2D eigenvalue weighted by atomic mass is 9.98. The number of thiol groups is 1. The van der Waals surface area contributed by atoms with Crippen molar-refractivity contribution in [3.63, 3.8) is 0 Å². The van der Waals surface area contributed by atoms with Crippen LogP contribution in [-0.4, -0.2) is 4.20 Å². The third-order valence-electron chi connectivity index (χ3n) is 2.99. The van der Waals surface area contributed by atoms with Crippen molar-refractivity contribution in [3.8, 4) is 0 Å². The predicted octanol–water partition coefficient (Wildman–Crippen LogP) is 4.60. The highest BCUT2D eigenvalue weighted by molar-refractivity contribution is 8.12. The summed E-state index contributed by atoms with van der Waals surface area (Å²) in [6.07, 6.45) is 0. The second kappa shape index (κ2) is 4.13. The van der Waals surface area contributed by atoms with Gasteiger partial charge in [0.05, 0.1) is 4.20 Å². The first-order valence-corrected chi connectivity index (χ1v) is 6.27. The van der Waals surface area contributed by atoms with Gasteiger partial charge in [0.1, 0.15) is 0 Å². The summed E-state index contributed by atoms with van der Waals surface area (Å²) in [6.45, 7) is 0. The van der Waals surface area contributed by atoms with Gasteiger partial charge in [-0.25, -0.2) is 0 Å². The van der Waals surface area contributed by atoms with E-state index in [1.165, 1.54) is 21.5 Å². The lowest BCUT2D eigenvalue weighted by molar-refractivity contribution is 1.75. The molecule has 0 unspecified atom stereocenters. The molecule has 0 nitrogen and oxygen atoms in total. The van der Waals surface area contributed by atoms with Gasteiger partial charge in [0.25, 0.3) is 0 Å². The van der Waals surface area contributed by atoms with E-state index < -0.39 is 0 Å². The van der Waals surface area contributed by atoms with E-state index in [4.69, 9.17) is 12.2 Å². The number of hydrogen-bond donors (Lipinski definition) is 1. The van der Waals surface area contributed by atoms with E-state index in [9.17, 15) is 0 Å². The Labute approximate surface area is 111 Å². The Bertz CT molecular complexity index is 675. The normalized spacial score (nSPS) is 10.9. The van der Waals surface area contributed by atoms with Gasteiger partial charge in [-0.05, 0) is 27.6 Å². The molecule has 0 spiro atoms. The molecule has 0 saturated carbocycles. The second-order valence-corrected chi connectivity index (χ2v) is 5.16. The lowest BCUT2D eigenvalue weighted by Crippen LogP contribution is -1.92. The summed E-state index contributed by atoms with van der Waals surface area (Å²) >= 11 is 9.65. The number of benzene rings is 3. The zero-order valence-corrected chi connectivity index (χ0v) is 10.8.